The van der Waals surface area contributed by atoms with Gasteiger partial charge in [0.15, 0.2) is 0 Å². The van der Waals surface area contributed by atoms with Gasteiger partial charge in [-0.25, -0.2) is 0 Å². The van der Waals surface area contributed by atoms with Crippen LogP contribution < -0.4 is 0 Å². The average Bonchev–Trinajstić information content (AvgIpc) is 3.24. The van der Waals surface area contributed by atoms with Gasteiger partial charge >= 0.3 is 0 Å². The van der Waals surface area contributed by atoms with Crippen LogP contribution in [0.3, 0.4) is 0 Å². The number of fused-ring (bicyclic) bond motifs is 2. The Morgan fingerprint density at radius 2 is 1.88 bits per heavy atom. The van der Waals surface area contributed by atoms with Gasteiger partial charge in [-0.05, 0) is 30.9 Å². The van der Waals surface area contributed by atoms with Gasteiger partial charge < -0.3 is 10.0 Å². The minimum absolute atomic E-state index is 0.0338. The van der Waals surface area contributed by atoms with Crippen molar-refractivity contribution in [1.82, 2.24) is 24.5 Å². The maximum atomic E-state index is 13.2. The second-order valence-electron chi connectivity index (χ2n) is 8.11. The largest absolute Gasteiger partial charge is 0.383 e. The molecular formula is C19H27N5O2. The van der Waals surface area contributed by atoms with Crippen LogP contribution in [0.5, 0.6) is 0 Å². The maximum absolute atomic E-state index is 13.2. The van der Waals surface area contributed by atoms with Crippen molar-refractivity contribution < 1.29 is 9.90 Å². The Morgan fingerprint density at radius 3 is 2.38 bits per heavy atom. The number of aromatic nitrogens is 4. The topological polar surface area (TPSA) is 76.2 Å². The first kappa shape index (κ1) is 17.3. The molecule has 0 aliphatic carbocycles. The minimum Gasteiger partial charge on any atom is -0.383 e. The minimum atomic E-state index is -0.913. The average molecular weight is 357 g/mol. The van der Waals surface area contributed by atoms with E-state index in [4.69, 9.17) is 0 Å². The summed E-state index contributed by atoms with van der Waals surface area (Å²) >= 11 is 0. The first-order chi connectivity index (χ1) is 12.3. The summed E-state index contributed by atoms with van der Waals surface area (Å²) in [5.74, 6) is 0.321. The summed E-state index contributed by atoms with van der Waals surface area (Å²) in [6.45, 7) is 4.16. The number of carbonyl (C=O) groups excluding carboxylic acids is 1. The molecule has 0 unspecified atom stereocenters. The number of piperidine rings is 1. The fourth-order valence-corrected chi connectivity index (χ4v) is 4.70. The first-order valence-electron chi connectivity index (χ1n) is 9.37. The molecule has 26 heavy (non-hydrogen) atoms. The third-order valence-corrected chi connectivity index (χ3v) is 6.01. The molecule has 4 rings (SSSR count). The molecule has 0 aromatic carbocycles. The number of nitrogens with zero attached hydrogens (tertiary/aromatic N) is 5. The van der Waals surface area contributed by atoms with Gasteiger partial charge in [0.05, 0.1) is 11.4 Å². The van der Waals surface area contributed by atoms with E-state index in [1.165, 1.54) is 0 Å². The Bertz CT molecular complexity index is 823. The second-order valence-corrected chi connectivity index (χ2v) is 8.11. The smallest absolute Gasteiger partial charge is 0.272 e. The van der Waals surface area contributed by atoms with Gasteiger partial charge in [0.1, 0.15) is 11.3 Å². The van der Waals surface area contributed by atoms with Gasteiger partial charge in [-0.1, -0.05) is 13.8 Å². The van der Waals surface area contributed by atoms with Crippen molar-refractivity contribution in [3.63, 3.8) is 0 Å². The Morgan fingerprint density at radius 1 is 1.23 bits per heavy atom. The van der Waals surface area contributed by atoms with E-state index in [0.717, 1.165) is 24.2 Å². The molecule has 2 aromatic rings. The second kappa shape index (κ2) is 5.94. The number of rotatable bonds is 3. The van der Waals surface area contributed by atoms with Gasteiger partial charge in [-0.3, -0.25) is 14.2 Å². The van der Waals surface area contributed by atoms with E-state index in [9.17, 15) is 9.90 Å². The Kier molecular flexibility index (Phi) is 3.95. The molecule has 2 aromatic heterocycles. The van der Waals surface area contributed by atoms with E-state index in [1.54, 1.807) is 15.6 Å². The zero-order valence-electron chi connectivity index (χ0n) is 15.9. The molecule has 1 amide bonds. The van der Waals surface area contributed by atoms with Crippen LogP contribution in [-0.4, -0.2) is 47.6 Å². The molecule has 2 saturated heterocycles. The predicted octanol–water partition coefficient (Wildman–Crippen LogP) is 1.93. The highest BCUT2D eigenvalue weighted by Gasteiger charge is 2.51. The van der Waals surface area contributed by atoms with Gasteiger partial charge in [-0.15, -0.1) is 0 Å². The SMILES string of the molecule is CC(C)c1cc(C(=O)N2[C@@H]3CC[C@@H]2CC(O)(c2ccnn2C)C3)n(C)n1. The number of hydrogen-bond donors (Lipinski definition) is 1. The third-order valence-electron chi connectivity index (χ3n) is 6.01. The molecule has 0 radical (unpaired) electrons. The monoisotopic (exact) mass is 357 g/mol. The van der Waals surface area contributed by atoms with Crippen LogP contribution in [0.2, 0.25) is 0 Å². The Balaban J connectivity index is 1.61. The number of aliphatic hydroxyl groups is 1. The van der Waals surface area contributed by atoms with E-state index in [2.05, 4.69) is 24.0 Å². The number of carbonyl (C=O) groups is 1. The van der Waals surface area contributed by atoms with Crippen molar-refractivity contribution in [1.29, 1.82) is 0 Å². The third kappa shape index (κ3) is 2.57. The standard InChI is InChI=1S/C19H27N5O2/c1-12(2)15-9-16(22(3)21-15)18(25)24-13-5-6-14(24)11-19(26,10-13)17-7-8-20-23(17)4/h7-9,12-14,26H,5-6,10-11H2,1-4H3/t13-,14-/m1/s1. The maximum Gasteiger partial charge on any atom is 0.272 e. The van der Waals surface area contributed by atoms with E-state index in [-0.39, 0.29) is 23.9 Å². The Labute approximate surface area is 153 Å². The van der Waals surface area contributed by atoms with Gasteiger partial charge in [0.25, 0.3) is 5.91 Å². The van der Waals surface area contributed by atoms with Crippen molar-refractivity contribution >= 4 is 5.91 Å². The highest BCUT2D eigenvalue weighted by atomic mass is 16.3. The van der Waals surface area contributed by atoms with Crippen LogP contribution in [-0.2, 0) is 19.7 Å². The molecule has 2 aliphatic rings. The molecule has 140 valence electrons. The fourth-order valence-electron chi connectivity index (χ4n) is 4.70. The zero-order chi connectivity index (χ0) is 18.6. The van der Waals surface area contributed by atoms with Gasteiger partial charge in [0.2, 0.25) is 0 Å². The van der Waals surface area contributed by atoms with E-state index < -0.39 is 5.60 Å². The lowest BCUT2D eigenvalue weighted by atomic mass is 9.83. The van der Waals surface area contributed by atoms with E-state index in [0.29, 0.717) is 18.5 Å². The normalized spacial score (nSPS) is 28.2. The molecule has 0 spiro atoms. The molecule has 7 nitrogen and oxygen atoms in total. The summed E-state index contributed by atoms with van der Waals surface area (Å²) in [6.07, 6.45) is 4.71. The Hall–Kier alpha value is -2.15. The lowest BCUT2D eigenvalue weighted by Crippen LogP contribution is -2.52. The molecule has 1 N–H and O–H groups in total. The summed E-state index contributed by atoms with van der Waals surface area (Å²) in [7, 11) is 3.69. The number of amides is 1. The molecule has 0 saturated carbocycles. The highest BCUT2D eigenvalue weighted by Crippen LogP contribution is 2.46. The van der Waals surface area contributed by atoms with Crippen LogP contribution in [0.25, 0.3) is 0 Å². The summed E-state index contributed by atoms with van der Waals surface area (Å²) < 4.78 is 3.44. The molecule has 7 heteroatoms. The van der Waals surface area contributed by atoms with Crippen LogP contribution in [0.15, 0.2) is 18.3 Å². The van der Waals surface area contributed by atoms with Crippen LogP contribution in [0.1, 0.15) is 67.3 Å². The van der Waals surface area contributed by atoms with E-state index in [1.807, 2.05) is 31.1 Å². The van der Waals surface area contributed by atoms with Gasteiger partial charge in [-0.2, -0.15) is 10.2 Å². The predicted molar refractivity (Wildman–Crippen MR) is 96.6 cm³/mol. The molecular weight excluding hydrogens is 330 g/mol. The number of hydrogen-bond acceptors (Lipinski definition) is 4. The molecule has 4 heterocycles. The quantitative estimate of drug-likeness (QED) is 0.911. The van der Waals surface area contributed by atoms with Crippen molar-refractivity contribution in [3.8, 4) is 0 Å². The number of aryl methyl sites for hydroxylation is 2. The van der Waals surface area contributed by atoms with E-state index >= 15 is 0 Å². The summed E-state index contributed by atoms with van der Waals surface area (Å²) in [6, 6.07) is 3.90. The zero-order valence-corrected chi connectivity index (χ0v) is 15.9. The molecule has 2 aliphatic heterocycles. The van der Waals surface area contributed by atoms with Gasteiger partial charge in [0, 0.05) is 45.2 Å². The highest BCUT2D eigenvalue weighted by molar-refractivity contribution is 5.93. The first-order valence-corrected chi connectivity index (χ1v) is 9.37. The van der Waals surface area contributed by atoms with Crippen molar-refractivity contribution in [3.05, 3.63) is 35.4 Å². The van der Waals surface area contributed by atoms with Crippen molar-refractivity contribution in [2.24, 2.45) is 14.1 Å². The van der Waals surface area contributed by atoms with Crippen LogP contribution >= 0.6 is 0 Å². The fraction of sp³-hybridized carbons (Fsp3) is 0.632. The van der Waals surface area contributed by atoms with Crippen molar-refractivity contribution in [2.75, 3.05) is 0 Å². The van der Waals surface area contributed by atoms with Crippen LogP contribution in [0, 0.1) is 0 Å². The molecule has 2 fully saturated rings. The lowest BCUT2D eigenvalue weighted by molar-refractivity contribution is -0.0532. The molecule has 2 bridgehead atoms. The van der Waals surface area contributed by atoms with Crippen LogP contribution in [0.4, 0.5) is 0 Å². The van der Waals surface area contributed by atoms with Crippen molar-refractivity contribution in [2.45, 2.75) is 63.1 Å². The summed E-state index contributed by atoms with van der Waals surface area (Å²) in [4.78, 5) is 15.2. The lowest BCUT2D eigenvalue weighted by Gasteiger charge is -2.43. The summed E-state index contributed by atoms with van der Waals surface area (Å²) in [5.41, 5.74) is 1.50. The molecule has 2 atom stereocenters. The summed E-state index contributed by atoms with van der Waals surface area (Å²) in [5, 5.41) is 20.0.